The van der Waals surface area contributed by atoms with E-state index in [4.69, 9.17) is 0 Å². The van der Waals surface area contributed by atoms with Crippen molar-refractivity contribution in [2.24, 2.45) is 5.92 Å². The molecular weight excluding hydrogens is 577 g/mol. The highest BCUT2D eigenvalue weighted by atomic mass is 32.2. The first kappa shape index (κ1) is 30.7. The maximum atomic E-state index is 13.2. The summed E-state index contributed by atoms with van der Waals surface area (Å²) in [7, 11) is -3.83. The van der Waals surface area contributed by atoms with Crippen LogP contribution < -0.4 is 14.9 Å². The van der Waals surface area contributed by atoms with Crippen molar-refractivity contribution < 1.29 is 26.4 Å². The van der Waals surface area contributed by atoms with E-state index in [2.05, 4.69) is 19.9 Å². The molecule has 2 heterocycles. The topological polar surface area (TPSA) is 91.4 Å². The van der Waals surface area contributed by atoms with Crippen molar-refractivity contribution in [3.63, 3.8) is 0 Å². The lowest BCUT2D eigenvalue weighted by Crippen LogP contribution is -2.35. The van der Waals surface area contributed by atoms with E-state index in [1.165, 1.54) is 36.0 Å². The number of nitrogens with one attached hydrogen (secondary N) is 2. The van der Waals surface area contributed by atoms with Gasteiger partial charge in [-0.3, -0.25) is 9.78 Å². The third kappa shape index (κ3) is 8.03. The number of amides is 1. The summed E-state index contributed by atoms with van der Waals surface area (Å²) in [5, 5.41) is 3.01. The summed E-state index contributed by atoms with van der Waals surface area (Å²) in [5.41, 5.74) is 2.47. The minimum Gasteiger partial charge on any atom is -0.371 e. The molecule has 1 saturated heterocycles. The van der Waals surface area contributed by atoms with Crippen molar-refractivity contribution in [2.75, 3.05) is 30.3 Å². The maximum absolute atomic E-state index is 13.2. The molecule has 2 aliphatic rings. The van der Waals surface area contributed by atoms with Crippen LogP contribution >= 0.6 is 0 Å². The smallest absolute Gasteiger partial charge is 0.371 e. The second-order valence-corrected chi connectivity index (χ2v) is 12.9. The van der Waals surface area contributed by atoms with Gasteiger partial charge in [-0.25, -0.2) is 13.1 Å². The molecule has 1 atom stereocenters. The molecule has 3 aromatic rings. The standard InChI is InChI=1S/C32H35F3N4O3S/c33-32(34,35)29-6-2-1-4-25(29)5-3-21-43(41,42)38-30-10-9-24-7-8-26(22-28(24)30)31(40)37-18-11-23-14-19-39(20-15-23)27-12-16-36-17-13-27/h1-8,12-13,16-17,22-23,30,38H,9-11,14-15,18-21H2,(H,37,40). The highest BCUT2D eigenvalue weighted by molar-refractivity contribution is 7.89. The number of hydrogen-bond donors (Lipinski definition) is 2. The molecule has 2 aromatic carbocycles. The average molecular weight is 613 g/mol. The van der Waals surface area contributed by atoms with Crippen LogP contribution in [-0.4, -0.2) is 44.7 Å². The van der Waals surface area contributed by atoms with Gasteiger partial charge in [-0.15, -0.1) is 0 Å². The molecule has 0 spiro atoms. The molecule has 228 valence electrons. The van der Waals surface area contributed by atoms with Crippen molar-refractivity contribution in [3.8, 4) is 0 Å². The van der Waals surface area contributed by atoms with Gasteiger partial charge >= 0.3 is 6.18 Å². The first-order valence-electron chi connectivity index (χ1n) is 14.5. The van der Waals surface area contributed by atoms with Crippen LogP contribution in [0.2, 0.25) is 0 Å². The van der Waals surface area contributed by atoms with Crippen molar-refractivity contribution >= 4 is 27.7 Å². The number of carbonyl (C=O) groups is 1. The number of alkyl halides is 3. The number of hydrogen-bond acceptors (Lipinski definition) is 5. The fraction of sp³-hybridized carbons (Fsp3) is 0.375. The van der Waals surface area contributed by atoms with Gasteiger partial charge < -0.3 is 10.2 Å². The van der Waals surface area contributed by atoms with E-state index in [1.54, 1.807) is 24.5 Å². The number of aryl methyl sites for hydroxylation is 1. The molecule has 1 aliphatic heterocycles. The number of fused-ring (bicyclic) bond motifs is 1. The molecule has 0 bridgehead atoms. The minimum absolute atomic E-state index is 0.0949. The molecule has 11 heteroatoms. The highest BCUT2D eigenvalue weighted by Gasteiger charge is 2.32. The molecule has 1 fully saturated rings. The maximum Gasteiger partial charge on any atom is 0.416 e. The van der Waals surface area contributed by atoms with Gasteiger partial charge in [0.2, 0.25) is 10.0 Å². The van der Waals surface area contributed by atoms with Gasteiger partial charge in [0.1, 0.15) is 0 Å². The predicted molar refractivity (Wildman–Crippen MR) is 161 cm³/mol. The van der Waals surface area contributed by atoms with Crippen molar-refractivity contribution in [2.45, 2.75) is 44.3 Å². The second kappa shape index (κ2) is 13.3. The van der Waals surface area contributed by atoms with E-state index in [1.807, 2.05) is 18.2 Å². The average Bonchev–Trinajstić information content (AvgIpc) is 3.38. The summed E-state index contributed by atoms with van der Waals surface area (Å²) in [6, 6.07) is 13.9. The van der Waals surface area contributed by atoms with Crippen LogP contribution in [0.25, 0.3) is 6.08 Å². The van der Waals surface area contributed by atoms with Crippen LogP contribution in [0.3, 0.4) is 0 Å². The summed E-state index contributed by atoms with van der Waals surface area (Å²) < 4.78 is 68.0. The van der Waals surface area contributed by atoms with E-state index < -0.39 is 33.6 Å². The quantitative estimate of drug-likeness (QED) is 0.304. The number of piperidine rings is 1. The highest BCUT2D eigenvalue weighted by Crippen LogP contribution is 2.34. The number of carbonyl (C=O) groups excluding carboxylic acids is 1. The minimum atomic E-state index is -4.53. The Balaban J connectivity index is 1.12. The first-order chi connectivity index (χ1) is 20.6. The Kier molecular flexibility index (Phi) is 9.51. The van der Waals surface area contributed by atoms with Crippen LogP contribution in [0.4, 0.5) is 18.9 Å². The molecule has 1 aromatic heterocycles. The summed E-state index contributed by atoms with van der Waals surface area (Å²) in [6.07, 6.45) is 5.68. The Morgan fingerprint density at radius 2 is 1.77 bits per heavy atom. The SMILES string of the molecule is O=C(NCCC1CCN(c2ccncc2)CC1)c1ccc2c(c1)C(NS(=O)(=O)CC=Cc1ccccc1C(F)(F)F)CC2. The summed E-state index contributed by atoms with van der Waals surface area (Å²) in [4.78, 5) is 19.4. The lowest BCUT2D eigenvalue weighted by atomic mass is 9.93. The molecule has 1 unspecified atom stereocenters. The van der Waals surface area contributed by atoms with Gasteiger partial charge in [-0.05, 0) is 85.0 Å². The Hall–Kier alpha value is -3.70. The molecule has 7 nitrogen and oxygen atoms in total. The second-order valence-electron chi connectivity index (χ2n) is 11.1. The Bertz CT molecular complexity index is 1550. The van der Waals surface area contributed by atoms with Crippen LogP contribution in [0.5, 0.6) is 0 Å². The number of halogens is 3. The Labute approximate surface area is 250 Å². The number of benzene rings is 2. The van der Waals surface area contributed by atoms with E-state index in [9.17, 15) is 26.4 Å². The first-order valence-corrected chi connectivity index (χ1v) is 16.1. The number of pyridine rings is 1. The number of aromatic nitrogens is 1. The zero-order valence-corrected chi connectivity index (χ0v) is 24.5. The number of anilines is 1. The van der Waals surface area contributed by atoms with Crippen LogP contribution in [-0.2, 0) is 22.6 Å². The van der Waals surface area contributed by atoms with Gasteiger partial charge in [0.25, 0.3) is 5.91 Å². The molecule has 0 radical (unpaired) electrons. The molecule has 2 N–H and O–H groups in total. The Morgan fingerprint density at radius 3 is 2.51 bits per heavy atom. The van der Waals surface area contributed by atoms with Gasteiger partial charge in [0.15, 0.2) is 0 Å². The normalized spacial score (nSPS) is 17.7. The van der Waals surface area contributed by atoms with Crippen molar-refractivity contribution in [1.82, 2.24) is 15.0 Å². The van der Waals surface area contributed by atoms with Crippen LogP contribution in [0.15, 0.2) is 73.1 Å². The molecular formula is C32H35F3N4O3S. The lowest BCUT2D eigenvalue weighted by Gasteiger charge is -2.33. The zero-order chi connectivity index (χ0) is 30.5. The van der Waals surface area contributed by atoms with Gasteiger partial charge in [0, 0.05) is 49.3 Å². The summed E-state index contributed by atoms with van der Waals surface area (Å²) in [5.74, 6) is -0.128. The molecule has 1 aliphatic carbocycles. The van der Waals surface area contributed by atoms with Crippen LogP contribution in [0.1, 0.15) is 64.3 Å². The molecule has 43 heavy (non-hydrogen) atoms. The number of sulfonamides is 1. The molecule has 1 amide bonds. The number of nitrogens with zero attached hydrogens (tertiary/aromatic N) is 2. The predicted octanol–water partition coefficient (Wildman–Crippen LogP) is 5.76. The van der Waals surface area contributed by atoms with Crippen molar-refractivity contribution in [3.05, 3.63) is 101 Å². The fourth-order valence-corrected chi connectivity index (χ4v) is 6.98. The molecule has 5 rings (SSSR count). The van der Waals surface area contributed by atoms with Crippen LogP contribution in [0, 0.1) is 5.92 Å². The monoisotopic (exact) mass is 612 g/mol. The van der Waals surface area contributed by atoms with Gasteiger partial charge in [0.05, 0.1) is 11.3 Å². The third-order valence-electron chi connectivity index (χ3n) is 8.17. The third-order valence-corrected chi connectivity index (χ3v) is 9.44. The lowest BCUT2D eigenvalue weighted by molar-refractivity contribution is -0.137. The van der Waals surface area contributed by atoms with E-state index in [-0.39, 0.29) is 11.5 Å². The van der Waals surface area contributed by atoms with Crippen molar-refractivity contribution in [1.29, 1.82) is 0 Å². The van der Waals surface area contributed by atoms with E-state index in [0.29, 0.717) is 30.9 Å². The summed E-state index contributed by atoms with van der Waals surface area (Å²) in [6.45, 7) is 2.51. The van der Waals surface area contributed by atoms with E-state index >= 15 is 0 Å². The van der Waals surface area contributed by atoms with Gasteiger partial charge in [-0.2, -0.15) is 13.2 Å². The number of rotatable bonds is 10. The van der Waals surface area contributed by atoms with E-state index in [0.717, 1.165) is 49.5 Å². The zero-order valence-electron chi connectivity index (χ0n) is 23.7. The summed E-state index contributed by atoms with van der Waals surface area (Å²) >= 11 is 0. The molecule has 0 saturated carbocycles. The largest absolute Gasteiger partial charge is 0.416 e. The Morgan fingerprint density at radius 1 is 1.02 bits per heavy atom. The van der Waals surface area contributed by atoms with Gasteiger partial charge in [-0.1, -0.05) is 36.4 Å². The fourth-order valence-electron chi connectivity index (χ4n) is 5.86.